The third kappa shape index (κ3) is 3.56. The van der Waals surface area contributed by atoms with Crippen LogP contribution in [0.4, 0.5) is 0 Å². The Morgan fingerprint density at radius 2 is 2.12 bits per heavy atom. The summed E-state index contributed by atoms with van der Waals surface area (Å²) >= 11 is 0. The lowest BCUT2D eigenvalue weighted by molar-refractivity contribution is -0.149. The lowest BCUT2D eigenvalue weighted by Gasteiger charge is -2.39. The van der Waals surface area contributed by atoms with Crippen molar-refractivity contribution in [3.63, 3.8) is 0 Å². The first-order valence-corrected chi connectivity index (χ1v) is 8.58. The highest BCUT2D eigenvalue weighted by atomic mass is 16.5. The second-order valence-corrected chi connectivity index (χ2v) is 7.10. The van der Waals surface area contributed by atoms with E-state index < -0.39 is 18.1 Å². The maximum absolute atomic E-state index is 12.5. The molecule has 4 unspecified atom stereocenters. The number of ketones is 1. The first-order chi connectivity index (χ1) is 11.9. The summed E-state index contributed by atoms with van der Waals surface area (Å²) in [5, 5.41) is 30.2. The standard InChI is InChI=1S/C20H24O5/c1-11(2)3-4-12-9-13(5-8-16(12)22)20-19(24)18(23)15-7-6-14(21)10-17(15)25-20/h3,5-6,8,10,13,15,19-22,24H,4,7,9H2,1-2H3. The number of rotatable bonds is 3. The van der Waals surface area contributed by atoms with E-state index in [4.69, 9.17) is 4.74 Å². The van der Waals surface area contributed by atoms with Crippen LogP contribution in [0.1, 0.15) is 33.1 Å². The zero-order valence-electron chi connectivity index (χ0n) is 14.5. The van der Waals surface area contributed by atoms with Gasteiger partial charge < -0.3 is 20.1 Å². The molecule has 0 aromatic rings. The van der Waals surface area contributed by atoms with Gasteiger partial charge in [0.2, 0.25) is 0 Å². The summed E-state index contributed by atoms with van der Waals surface area (Å²) in [7, 11) is 0. The minimum atomic E-state index is -1.21. The predicted molar refractivity (Wildman–Crippen MR) is 93.7 cm³/mol. The van der Waals surface area contributed by atoms with Gasteiger partial charge >= 0.3 is 0 Å². The largest absolute Gasteiger partial charge is 0.508 e. The van der Waals surface area contributed by atoms with Crippen molar-refractivity contribution >= 4 is 5.78 Å². The maximum Gasteiger partial charge on any atom is 0.175 e. The minimum Gasteiger partial charge on any atom is -0.508 e. The zero-order valence-corrected chi connectivity index (χ0v) is 14.5. The molecule has 4 atom stereocenters. The van der Waals surface area contributed by atoms with Gasteiger partial charge in [-0.2, -0.15) is 0 Å². The van der Waals surface area contributed by atoms with Crippen LogP contribution in [0.2, 0.25) is 0 Å². The zero-order chi connectivity index (χ0) is 18.1. The molecule has 2 aliphatic carbocycles. The molecule has 25 heavy (non-hydrogen) atoms. The second kappa shape index (κ2) is 6.92. The Labute approximate surface area is 147 Å². The number of Topliss-reactive ketones (excluding diaryl/α,β-unsaturated/α-hetero) is 1. The number of carbonyl (C=O) groups excluding carboxylic acids is 1. The molecule has 3 rings (SSSR count). The normalized spacial score (nSPS) is 31.7. The van der Waals surface area contributed by atoms with E-state index in [-0.39, 0.29) is 23.2 Å². The molecule has 0 aromatic heterocycles. The fraction of sp³-hybridized carbons (Fsp3) is 0.450. The molecule has 1 fully saturated rings. The van der Waals surface area contributed by atoms with Crippen molar-refractivity contribution in [2.24, 2.45) is 11.8 Å². The predicted octanol–water partition coefficient (Wildman–Crippen LogP) is 3.41. The summed E-state index contributed by atoms with van der Waals surface area (Å²) < 4.78 is 5.91. The quantitative estimate of drug-likeness (QED) is 0.683. The van der Waals surface area contributed by atoms with Gasteiger partial charge in [-0.05, 0) is 50.8 Å². The molecule has 134 valence electrons. The first kappa shape index (κ1) is 17.5. The smallest absolute Gasteiger partial charge is 0.175 e. The van der Waals surface area contributed by atoms with Crippen LogP contribution in [0.15, 0.2) is 58.8 Å². The molecule has 0 aromatic carbocycles. The van der Waals surface area contributed by atoms with Gasteiger partial charge in [-0.15, -0.1) is 0 Å². The van der Waals surface area contributed by atoms with Crippen molar-refractivity contribution in [2.75, 3.05) is 0 Å². The third-order valence-corrected chi connectivity index (χ3v) is 4.94. The number of carbonyl (C=O) groups is 1. The van der Waals surface area contributed by atoms with E-state index in [1.807, 2.05) is 19.9 Å². The molecule has 5 nitrogen and oxygen atoms in total. The fourth-order valence-electron chi connectivity index (χ4n) is 3.47. The van der Waals surface area contributed by atoms with Crippen LogP contribution in [0.3, 0.4) is 0 Å². The summed E-state index contributed by atoms with van der Waals surface area (Å²) in [4.78, 5) is 12.5. The summed E-state index contributed by atoms with van der Waals surface area (Å²) in [5.74, 6) is -0.285. The number of hydrogen-bond donors (Lipinski definition) is 3. The number of hydrogen-bond acceptors (Lipinski definition) is 5. The molecule has 3 N–H and O–H groups in total. The van der Waals surface area contributed by atoms with E-state index in [0.29, 0.717) is 25.0 Å². The van der Waals surface area contributed by atoms with Crippen LogP contribution < -0.4 is 0 Å². The van der Waals surface area contributed by atoms with Gasteiger partial charge in [0.25, 0.3) is 0 Å². The Hall–Kier alpha value is -2.27. The SMILES string of the molecule is CC(C)=CCC1=C(O)C=CC(C2OC3=CC(O)=CCC3C(=O)C2O)C1. The molecular formula is C20H24O5. The Morgan fingerprint density at radius 1 is 1.36 bits per heavy atom. The van der Waals surface area contributed by atoms with E-state index in [2.05, 4.69) is 0 Å². The van der Waals surface area contributed by atoms with Crippen molar-refractivity contribution in [1.82, 2.24) is 0 Å². The Balaban J connectivity index is 1.80. The second-order valence-electron chi connectivity index (χ2n) is 7.10. The molecule has 0 amide bonds. The van der Waals surface area contributed by atoms with Gasteiger partial charge in [0, 0.05) is 12.0 Å². The Morgan fingerprint density at radius 3 is 2.84 bits per heavy atom. The van der Waals surface area contributed by atoms with E-state index in [0.717, 1.165) is 11.1 Å². The van der Waals surface area contributed by atoms with Gasteiger partial charge in [-0.3, -0.25) is 4.79 Å². The monoisotopic (exact) mass is 344 g/mol. The minimum absolute atomic E-state index is 0.0789. The van der Waals surface area contributed by atoms with Crippen LogP contribution in [0.25, 0.3) is 0 Å². The molecule has 3 aliphatic rings. The number of fused-ring (bicyclic) bond motifs is 1. The van der Waals surface area contributed by atoms with Crippen molar-refractivity contribution in [2.45, 2.75) is 45.3 Å². The van der Waals surface area contributed by atoms with Crippen LogP contribution in [0.5, 0.6) is 0 Å². The van der Waals surface area contributed by atoms with Crippen molar-refractivity contribution < 1.29 is 24.9 Å². The maximum atomic E-state index is 12.5. The van der Waals surface area contributed by atoms with Gasteiger partial charge in [0.1, 0.15) is 23.4 Å². The molecule has 1 aliphatic heterocycles. The van der Waals surface area contributed by atoms with Crippen molar-refractivity contribution in [3.05, 3.63) is 58.8 Å². The summed E-state index contributed by atoms with van der Waals surface area (Å²) in [5.41, 5.74) is 2.02. The third-order valence-electron chi connectivity index (χ3n) is 4.94. The lowest BCUT2D eigenvalue weighted by atomic mass is 9.79. The molecule has 1 heterocycles. The van der Waals surface area contributed by atoms with Crippen LogP contribution in [-0.4, -0.2) is 33.3 Å². The summed E-state index contributed by atoms with van der Waals surface area (Å²) in [6.45, 7) is 3.99. The molecule has 5 heteroatoms. The number of allylic oxidation sites excluding steroid dienone is 7. The average Bonchev–Trinajstić information content (AvgIpc) is 2.57. The molecule has 0 saturated carbocycles. The van der Waals surface area contributed by atoms with Gasteiger partial charge in [-0.1, -0.05) is 17.7 Å². The first-order valence-electron chi connectivity index (χ1n) is 8.58. The van der Waals surface area contributed by atoms with Crippen LogP contribution in [0, 0.1) is 11.8 Å². The topological polar surface area (TPSA) is 87.0 Å². The highest BCUT2D eigenvalue weighted by Crippen LogP contribution is 2.38. The summed E-state index contributed by atoms with van der Waals surface area (Å²) in [6, 6.07) is 0. The fourth-order valence-corrected chi connectivity index (χ4v) is 3.47. The average molecular weight is 344 g/mol. The lowest BCUT2D eigenvalue weighted by Crippen LogP contribution is -2.49. The number of ether oxygens (including phenoxy) is 1. The molecular weight excluding hydrogens is 320 g/mol. The Kier molecular flexibility index (Phi) is 4.86. The highest BCUT2D eigenvalue weighted by Gasteiger charge is 2.45. The van der Waals surface area contributed by atoms with Gasteiger partial charge in [0.15, 0.2) is 11.9 Å². The highest BCUT2D eigenvalue weighted by molar-refractivity contribution is 5.89. The van der Waals surface area contributed by atoms with E-state index in [1.54, 1.807) is 18.2 Å². The van der Waals surface area contributed by atoms with Crippen LogP contribution in [-0.2, 0) is 9.53 Å². The molecule has 0 spiro atoms. The van der Waals surface area contributed by atoms with Crippen molar-refractivity contribution in [1.29, 1.82) is 0 Å². The van der Waals surface area contributed by atoms with Crippen molar-refractivity contribution in [3.8, 4) is 0 Å². The molecule has 1 saturated heterocycles. The van der Waals surface area contributed by atoms with Gasteiger partial charge in [0.05, 0.1) is 5.92 Å². The number of aliphatic hydroxyl groups excluding tert-OH is 3. The summed E-state index contributed by atoms with van der Waals surface area (Å²) in [6.07, 6.45) is 7.99. The Bertz CT molecular complexity index is 718. The van der Waals surface area contributed by atoms with Gasteiger partial charge in [-0.25, -0.2) is 0 Å². The number of aliphatic hydroxyl groups is 3. The molecule has 0 bridgehead atoms. The van der Waals surface area contributed by atoms with E-state index in [9.17, 15) is 20.1 Å². The van der Waals surface area contributed by atoms with Crippen LogP contribution >= 0.6 is 0 Å². The molecule has 0 radical (unpaired) electrons. The van der Waals surface area contributed by atoms with E-state index >= 15 is 0 Å². The van der Waals surface area contributed by atoms with E-state index in [1.165, 1.54) is 6.08 Å².